The monoisotopic (exact) mass is 389 g/mol. The van der Waals surface area contributed by atoms with Crippen molar-refractivity contribution in [1.29, 1.82) is 0 Å². The van der Waals surface area contributed by atoms with Crippen LogP contribution in [0.1, 0.15) is 17.7 Å². The summed E-state index contributed by atoms with van der Waals surface area (Å²) in [5, 5.41) is 3.92. The van der Waals surface area contributed by atoms with Crippen LogP contribution in [0, 0.1) is 0 Å². The van der Waals surface area contributed by atoms with Gasteiger partial charge in [-0.25, -0.2) is 0 Å². The molecule has 29 heavy (non-hydrogen) atoms. The number of aromatic nitrogens is 1. The van der Waals surface area contributed by atoms with E-state index in [-0.39, 0.29) is 24.0 Å². The first-order valence-corrected chi connectivity index (χ1v) is 9.95. The first kappa shape index (κ1) is 18.1. The number of pyridine rings is 1. The number of likely N-dealkylation sites (tertiary alicyclic amines) is 1. The molecule has 0 spiro atoms. The maximum Gasteiger partial charge on any atom is 0.246 e. The van der Waals surface area contributed by atoms with E-state index in [0.29, 0.717) is 18.5 Å². The Balaban J connectivity index is 1.40. The van der Waals surface area contributed by atoms with E-state index in [9.17, 15) is 9.59 Å². The molecule has 0 aliphatic carbocycles. The van der Waals surface area contributed by atoms with Crippen LogP contribution in [0.5, 0.6) is 0 Å². The summed E-state index contributed by atoms with van der Waals surface area (Å²) in [6, 6.07) is 19.3. The van der Waals surface area contributed by atoms with E-state index in [0.717, 1.165) is 29.7 Å². The minimum atomic E-state index is -0.496. The van der Waals surface area contributed by atoms with Crippen molar-refractivity contribution in [2.45, 2.75) is 24.6 Å². The molecule has 2 fully saturated rings. The van der Waals surface area contributed by atoms with Crippen LogP contribution in [-0.2, 0) is 21.6 Å². The molecule has 2 saturated heterocycles. The maximum absolute atomic E-state index is 12.4. The predicted molar refractivity (Wildman–Crippen MR) is 110 cm³/mol. The lowest BCUT2D eigenvalue weighted by Gasteiger charge is -2.50. The van der Waals surface area contributed by atoms with Gasteiger partial charge in [0.1, 0.15) is 6.61 Å². The van der Waals surface area contributed by atoms with Gasteiger partial charge in [-0.1, -0.05) is 42.5 Å². The van der Waals surface area contributed by atoms with Crippen LogP contribution >= 0.6 is 0 Å². The molecule has 0 radical (unpaired) electrons. The smallest absolute Gasteiger partial charge is 0.246 e. The van der Waals surface area contributed by atoms with Gasteiger partial charge in [0.2, 0.25) is 5.91 Å². The molecule has 2 aliphatic rings. The van der Waals surface area contributed by atoms with Crippen LogP contribution in [0.4, 0.5) is 0 Å². The average Bonchev–Trinajstić information content (AvgIpc) is 2.74. The van der Waals surface area contributed by atoms with Crippen LogP contribution in [0.25, 0.3) is 10.9 Å². The molecule has 3 heterocycles. The van der Waals surface area contributed by atoms with Gasteiger partial charge in [-0.2, -0.15) is 0 Å². The van der Waals surface area contributed by atoms with Crippen molar-refractivity contribution in [2.24, 2.45) is 0 Å². The molecule has 0 unspecified atom stereocenters. The number of ether oxygens (including phenoxy) is 1. The van der Waals surface area contributed by atoms with Crippen LogP contribution in [-0.4, -0.2) is 41.6 Å². The minimum Gasteiger partial charge on any atom is -0.364 e. The Morgan fingerprint density at radius 3 is 2.72 bits per heavy atom. The zero-order valence-corrected chi connectivity index (χ0v) is 16.1. The largest absolute Gasteiger partial charge is 0.364 e. The molecular weight excluding hydrogens is 366 g/mol. The standard InChI is InChI=1S/C23H23N3O3/c27-20-12-17(24-19-9-5-4-8-18(19)20)13-26-11-10-23(16-6-2-1-3-7-16)21(14-26)29-15-22(28)25-23/h1-9,12,21H,10-11,13-15H2,(H,24,27)(H,25,28)/t21-,23+/m1/s1. The molecule has 148 valence electrons. The second-order valence-corrected chi connectivity index (χ2v) is 7.87. The van der Waals surface area contributed by atoms with Crippen molar-refractivity contribution in [3.05, 3.63) is 82.1 Å². The van der Waals surface area contributed by atoms with Gasteiger partial charge in [-0.05, 0) is 24.1 Å². The summed E-state index contributed by atoms with van der Waals surface area (Å²) >= 11 is 0. The molecule has 2 aromatic carbocycles. The number of rotatable bonds is 3. The van der Waals surface area contributed by atoms with Crippen LogP contribution in [0.3, 0.4) is 0 Å². The average molecular weight is 389 g/mol. The molecule has 2 aliphatic heterocycles. The molecule has 2 atom stereocenters. The van der Waals surface area contributed by atoms with Gasteiger partial charge in [-0.3, -0.25) is 14.5 Å². The topological polar surface area (TPSA) is 74.4 Å². The number of fused-ring (bicyclic) bond motifs is 2. The quantitative estimate of drug-likeness (QED) is 0.720. The fourth-order valence-electron chi connectivity index (χ4n) is 4.64. The van der Waals surface area contributed by atoms with E-state index in [1.165, 1.54) is 0 Å². The maximum atomic E-state index is 12.4. The van der Waals surface area contributed by atoms with Crippen molar-refractivity contribution in [3.8, 4) is 0 Å². The number of nitrogens with one attached hydrogen (secondary N) is 2. The molecule has 6 nitrogen and oxygen atoms in total. The number of para-hydroxylation sites is 1. The summed E-state index contributed by atoms with van der Waals surface area (Å²) in [7, 11) is 0. The third kappa shape index (κ3) is 3.24. The zero-order chi connectivity index (χ0) is 19.8. The number of morpholine rings is 1. The number of hydrogen-bond donors (Lipinski definition) is 2. The Kier molecular flexibility index (Phi) is 4.45. The molecule has 1 aromatic heterocycles. The van der Waals surface area contributed by atoms with Gasteiger partial charge < -0.3 is 15.0 Å². The molecule has 3 aromatic rings. The summed E-state index contributed by atoms with van der Waals surface area (Å²) < 4.78 is 5.99. The molecule has 0 saturated carbocycles. The number of H-pyrrole nitrogens is 1. The normalized spacial score (nSPS) is 24.8. The van der Waals surface area contributed by atoms with E-state index < -0.39 is 5.54 Å². The Hall–Kier alpha value is -2.96. The number of benzene rings is 2. The first-order valence-electron chi connectivity index (χ1n) is 9.95. The van der Waals surface area contributed by atoms with Crippen LogP contribution in [0.2, 0.25) is 0 Å². The van der Waals surface area contributed by atoms with E-state index in [4.69, 9.17) is 4.74 Å². The fraction of sp³-hybridized carbons (Fsp3) is 0.304. The summed E-state index contributed by atoms with van der Waals surface area (Å²) in [6.07, 6.45) is 0.620. The Morgan fingerprint density at radius 1 is 1.07 bits per heavy atom. The zero-order valence-electron chi connectivity index (χ0n) is 16.1. The highest BCUT2D eigenvalue weighted by molar-refractivity contribution is 5.79. The van der Waals surface area contributed by atoms with Crippen molar-refractivity contribution in [2.75, 3.05) is 19.7 Å². The Labute approximate surface area is 168 Å². The summed E-state index contributed by atoms with van der Waals surface area (Å²) in [4.78, 5) is 30.2. The van der Waals surface area contributed by atoms with Gasteiger partial charge in [0, 0.05) is 42.3 Å². The van der Waals surface area contributed by atoms with Gasteiger partial charge in [0.15, 0.2) is 5.43 Å². The molecular formula is C23H23N3O3. The highest BCUT2D eigenvalue weighted by atomic mass is 16.5. The second kappa shape index (κ2) is 7.13. The third-order valence-corrected chi connectivity index (χ3v) is 6.05. The number of carbonyl (C=O) groups excluding carboxylic acids is 1. The molecule has 1 amide bonds. The van der Waals surface area contributed by atoms with Crippen molar-refractivity contribution in [3.63, 3.8) is 0 Å². The van der Waals surface area contributed by atoms with Crippen molar-refractivity contribution in [1.82, 2.24) is 15.2 Å². The van der Waals surface area contributed by atoms with Crippen LogP contribution in [0.15, 0.2) is 65.5 Å². The number of carbonyl (C=O) groups is 1. The first-order chi connectivity index (χ1) is 14.1. The summed E-state index contributed by atoms with van der Waals surface area (Å²) in [5.74, 6) is -0.0718. The SMILES string of the molecule is O=C1CO[C@@H]2CN(Cc3cc(=O)c4ccccc4[nH]3)CC[C@@]2(c2ccccc2)N1. The lowest BCUT2D eigenvalue weighted by atomic mass is 9.77. The van der Waals surface area contributed by atoms with E-state index >= 15 is 0 Å². The Bertz CT molecular complexity index is 1110. The van der Waals surface area contributed by atoms with Crippen LogP contribution < -0.4 is 10.7 Å². The van der Waals surface area contributed by atoms with E-state index in [1.54, 1.807) is 6.07 Å². The van der Waals surface area contributed by atoms with E-state index in [2.05, 4.69) is 27.3 Å². The molecule has 0 bridgehead atoms. The molecule has 6 heteroatoms. The van der Waals surface area contributed by atoms with Crippen molar-refractivity contribution >= 4 is 16.8 Å². The predicted octanol–water partition coefficient (Wildman–Crippen LogP) is 2.14. The van der Waals surface area contributed by atoms with Gasteiger partial charge >= 0.3 is 0 Å². The van der Waals surface area contributed by atoms with Gasteiger partial charge in [0.05, 0.1) is 11.6 Å². The van der Waals surface area contributed by atoms with E-state index in [1.807, 2.05) is 42.5 Å². The number of hydrogen-bond acceptors (Lipinski definition) is 4. The third-order valence-electron chi connectivity index (χ3n) is 6.05. The fourth-order valence-corrected chi connectivity index (χ4v) is 4.64. The minimum absolute atomic E-state index is 0.0335. The number of aromatic amines is 1. The Morgan fingerprint density at radius 2 is 1.86 bits per heavy atom. The lowest BCUT2D eigenvalue weighted by Crippen LogP contribution is -2.66. The second-order valence-electron chi connectivity index (χ2n) is 7.87. The van der Waals surface area contributed by atoms with Gasteiger partial charge in [0.25, 0.3) is 0 Å². The van der Waals surface area contributed by atoms with Gasteiger partial charge in [-0.15, -0.1) is 0 Å². The highest BCUT2D eigenvalue weighted by Gasteiger charge is 2.48. The molecule has 2 N–H and O–H groups in total. The molecule has 5 rings (SSSR count). The number of amides is 1. The van der Waals surface area contributed by atoms with Crippen molar-refractivity contribution < 1.29 is 9.53 Å². The highest BCUT2D eigenvalue weighted by Crippen LogP contribution is 2.37. The number of piperidine rings is 1. The summed E-state index contributed by atoms with van der Waals surface area (Å²) in [6.45, 7) is 2.20. The number of nitrogens with zero attached hydrogens (tertiary/aromatic N) is 1. The summed E-state index contributed by atoms with van der Waals surface area (Å²) in [5.41, 5.74) is 2.36. The lowest BCUT2D eigenvalue weighted by molar-refractivity contribution is -0.152.